The van der Waals surface area contributed by atoms with Gasteiger partial charge in [-0.1, -0.05) is 60.7 Å². The standard InChI is InChI=1S/C23H26N2OS/c24-22(15-18-7-3-1-4-8-18)23(26)16-25-20-11-13-21(14-12-20)27-17-19-9-5-2-6-10-19/h1-14,22-23,25-26H,15-17,24H2/t22-,23-/m0/s1. The van der Waals surface area contributed by atoms with E-state index < -0.39 is 6.10 Å². The molecule has 0 aliphatic carbocycles. The van der Waals surface area contributed by atoms with E-state index in [0.29, 0.717) is 13.0 Å². The van der Waals surface area contributed by atoms with E-state index in [1.165, 1.54) is 10.5 Å². The summed E-state index contributed by atoms with van der Waals surface area (Å²) in [5.74, 6) is 0.959. The molecule has 0 fully saturated rings. The maximum Gasteiger partial charge on any atom is 0.0866 e. The first-order chi connectivity index (χ1) is 13.2. The molecule has 3 aromatic rings. The molecule has 0 unspecified atom stereocenters. The number of hydrogen-bond donors (Lipinski definition) is 3. The van der Waals surface area contributed by atoms with Crippen molar-refractivity contribution in [3.8, 4) is 0 Å². The van der Waals surface area contributed by atoms with Gasteiger partial charge in [0, 0.05) is 28.9 Å². The molecule has 3 rings (SSSR count). The molecule has 0 aromatic heterocycles. The van der Waals surface area contributed by atoms with Crippen molar-refractivity contribution >= 4 is 17.4 Å². The zero-order valence-electron chi connectivity index (χ0n) is 15.3. The average Bonchev–Trinajstić information content (AvgIpc) is 2.72. The topological polar surface area (TPSA) is 58.3 Å². The van der Waals surface area contributed by atoms with Gasteiger partial charge >= 0.3 is 0 Å². The molecule has 2 atom stereocenters. The number of thioether (sulfide) groups is 1. The summed E-state index contributed by atoms with van der Waals surface area (Å²) in [6, 6.07) is 28.5. The third-order valence-electron chi connectivity index (χ3n) is 4.43. The first-order valence-electron chi connectivity index (χ1n) is 9.19. The predicted molar refractivity (Wildman–Crippen MR) is 115 cm³/mol. The van der Waals surface area contributed by atoms with E-state index in [4.69, 9.17) is 5.73 Å². The third kappa shape index (κ3) is 6.43. The van der Waals surface area contributed by atoms with Crippen molar-refractivity contribution in [2.75, 3.05) is 11.9 Å². The molecule has 0 heterocycles. The van der Waals surface area contributed by atoms with Crippen LogP contribution in [0.5, 0.6) is 0 Å². The number of rotatable bonds is 9. The van der Waals surface area contributed by atoms with Gasteiger partial charge in [0.2, 0.25) is 0 Å². The molecule has 0 bridgehead atoms. The van der Waals surface area contributed by atoms with Crippen LogP contribution >= 0.6 is 11.8 Å². The highest BCUT2D eigenvalue weighted by Gasteiger charge is 2.15. The highest BCUT2D eigenvalue weighted by atomic mass is 32.2. The smallest absolute Gasteiger partial charge is 0.0866 e. The van der Waals surface area contributed by atoms with Crippen LogP contribution in [0, 0.1) is 0 Å². The average molecular weight is 379 g/mol. The highest BCUT2D eigenvalue weighted by molar-refractivity contribution is 7.98. The van der Waals surface area contributed by atoms with Crippen molar-refractivity contribution in [2.24, 2.45) is 5.73 Å². The van der Waals surface area contributed by atoms with Crippen molar-refractivity contribution < 1.29 is 5.11 Å². The van der Waals surface area contributed by atoms with Crippen LogP contribution in [0.1, 0.15) is 11.1 Å². The molecule has 0 amide bonds. The molecule has 0 radical (unpaired) electrons. The third-order valence-corrected chi connectivity index (χ3v) is 5.51. The zero-order chi connectivity index (χ0) is 18.9. The first-order valence-corrected chi connectivity index (χ1v) is 10.2. The van der Waals surface area contributed by atoms with Crippen LogP contribution in [0.4, 0.5) is 5.69 Å². The fraction of sp³-hybridized carbons (Fsp3) is 0.217. The van der Waals surface area contributed by atoms with E-state index in [-0.39, 0.29) is 6.04 Å². The van der Waals surface area contributed by atoms with E-state index >= 15 is 0 Å². The lowest BCUT2D eigenvalue weighted by Crippen LogP contribution is -2.41. The molecule has 0 saturated carbocycles. The van der Waals surface area contributed by atoms with Crippen LogP contribution in [-0.2, 0) is 12.2 Å². The fourth-order valence-corrected chi connectivity index (χ4v) is 3.66. The Balaban J connectivity index is 1.44. The van der Waals surface area contributed by atoms with Crippen LogP contribution in [0.3, 0.4) is 0 Å². The maximum absolute atomic E-state index is 10.3. The van der Waals surface area contributed by atoms with Crippen LogP contribution in [0.2, 0.25) is 0 Å². The summed E-state index contributed by atoms with van der Waals surface area (Å²) in [7, 11) is 0. The van der Waals surface area contributed by atoms with Gasteiger partial charge in [0.1, 0.15) is 0 Å². The van der Waals surface area contributed by atoms with Gasteiger partial charge in [-0.2, -0.15) is 0 Å². The minimum atomic E-state index is -0.600. The van der Waals surface area contributed by atoms with Crippen LogP contribution in [0.15, 0.2) is 89.8 Å². The lowest BCUT2D eigenvalue weighted by molar-refractivity contribution is 0.156. The number of aliphatic hydroxyl groups is 1. The van der Waals surface area contributed by atoms with E-state index in [0.717, 1.165) is 17.0 Å². The second-order valence-corrected chi connectivity index (χ2v) is 7.65. The number of anilines is 1. The van der Waals surface area contributed by atoms with E-state index in [1.54, 1.807) is 0 Å². The molecule has 3 aromatic carbocycles. The normalized spacial score (nSPS) is 13.1. The van der Waals surface area contributed by atoms with Crippen LogP contribution < -0.4 is 11.1 Å². The molecule has 4 N–H and O–H groups in total. The molecule has 0 spiro atoms. The Morgan fingerprint density at radius 3 is 2.04 bits per heavy atom. The molecular weight excluding hydrogens is 352 g/mol. The largest absolute Gasteiger partial charge is 0.390 e. The molecule has 0 aliphatic heterocycles. The fourth-order valence-electron chi connectivity index (χ4n) is 2.81. The number of nitrogens with two attached hydrogens (primary N) is 1. The van der Waals surface area contributed by atoms with Crippen molar-refractivity contribution in [3.63, 3.8) is 0 Å². The second-order valence-electron chi connectivity index (χ2n) is 6.60. The number of aliphatic hydroxyl groups excluding tert-OH is 1. The maximum atomic E-state index is 10.3. The Kier molecular flexibility index (Phi) is 7.34. The molecule has 3 nitrogen and oxygen atoms in total. The Morgan fingerprint density at radius 2 is 1.41 bits per heavy atom. The molecule has 0 saturated heterocycles. The predicted octanol–water partition coefficient (Wildman–Crippen LogP) is 4.32. The summed E-state index contributed by atoms with van der Waals surface area (Å²) >= 11 is 1.82. The van der Waals surface area contributed by atoms with Crippen molar-refractivity contribution in [1.29, 1.82) is 0 Å². The summed E-state index contributed by atoms with van der Waals surface area (Å²) in [6.45, 7) is 0.435. The summed E-state index contributed by atoms with van der Waals surface area (Å²) in [5, 5.41) is 13.6. The monoisotopic (exact) mass is 378 g/mol. The summed E-state index contributed by atoms with van der Waals surface area (Å²) in [4.78, 5) is 1.23. The Bertz CT molecular complexity index is 794. The van der Waals surface area contributed by atoms with Gasteiger partial charge in [0.25, 0.3) is 0 Å². The Labute approximate surface area is 165 Å². The summed E-state index contributed by atoms with van der Waals surface area (Å²) in [6.07, 6.45) is 0.0657. The van der Waals surface area contributed by atoms with Crippen LogP contribution in [-0.4, -0.2) is 23.8 Å². The lowest BCUT2D eigenvalue weighted by Gasteiger charge is -2.20. The lowest BCUT2D eigenvalue weighted by atomic mass is 10.0. The second kappa shape index (κ2) is 10.2. The minimum absolute atomic E-state index is 0.291. The highest BCUT2D eigenvalue weighted by Crippen LogP contribution is 2.24. The van der Waals surface area contributed by atoms with Crippen molar-refractivity contribution in [1.82, 2.24) is 0 Å². The zero-order valence-corrected chi connectivity index (χ0v) is 16.1. The van der Waals surface area contributed by atoms with E-state index in [1.807, 2.05) is 60.3 Å². The quantitative estimate of drug-likeness (QED) is 0.485. The van der Waals surface area contributed by atoms with Gasteiger partial charge < -0.3 is 16.2 Å². The van der Waals surface area contributed by atoms with Crippen molar-refractivity contribution in [2.45, 2.75) is 29.2 Å². The summed E-state index contributed by atoms with van der Waals surface area (Å²) < 4.78 is 0. The van der Waals surface area contributed by atoms with E-state index in [2.05, 4.69) is 41.7 Å². The van der Waals surface area contributed by atoms with Gasteiger partial charge in [0.15, 0.2) is 0 Å². The van der Waals surface area contributed by atoms with Gasteiger partial charge in [-0.05, 0) is 41.8 Å². The first kappa shape index (κ1) is 19.5. The number of benzene rings is 3. The van der Waals surface area contributed by atoms with Gasteiger partial charge in [-0.15, -0.1) is 11.8 Å². The van der Waals surface area contributed by atoms with Crippen molar-refractivity contribution in [3.05, 3.63) is 96.1 Å². The van der Waals surface area contributed by atoms with Gasteiger partial charge in [-0.3, -0.25) is 0 Å². The van der Waals surface area contributed by atoms with Gasteiger partial charge in [-0.25, -0.2) is 0 Å². The molecule has 27 heavy (non-hydrogen) atoms. The van der Waals surface area contributed by atoms with Gasteiger partial charge in [0.05, 0.1) is 6.10 Å². The Hall–Kier alpha value is -2.27. The summed E-state index contributed by atoms with van der Waals surface area (Å²) in [5.41, 5.74) is 9.59. The SMILES string of the molecule is N[C@@H](Cc1ccccc1)[C@@H](O)CNc1ccc(SCc2ccccc2)cc1. The molecule has 4 heteroatoms. The molecule has 0 aliphatic rings. The number of nitrogens with one attached hydrogen (secondary N) is 1. The van der Waals surface area contributed by atoms with E-state index in [9.17, 15) is 5.11 Å². The molecule has 140 valence electrons. The van der Waals surface area contributed by atoms with Crippen LogP contribution in [0.25, 0.3) is 0 Å². The number of hydrogen-bond acceptors (Lipinski definition) is 4. The molecular formula is C23H26N2OS. The minimum Gasteiger partial charge on any atom is -0.390 e. The Morgan fingerprint density at radius 1 is 0.815 bits per heavy atom.